The number of hydrogen-bond donors (Lipinski definition) is 0. The van der Waals surface area contributed by atoms with E-state index in [4.69, 9.17) is 4.74 Å². The Labute approximate surface area is 153 Å². The van der Waals surface area contributed by atoms with Gasteiger partial charge in [0.2, 0.25) is 0 Å². The standard InChI is InChI=1S/C21H22N2O3/c1-21(2)15-23(20(25)26-14-16-8-4-3-5-9-16)13-17(19(21)24)12-18-10-6-7-11-22-18/h3-12H,13-15H2,1-2H3/b17-12+. The first-order valence-corrected chi connectivity index (χ1v) is 8.58. The third-order valence-corrected chi connectivity index (χ3v) is 4.33. The van der Waals surface area contributed by atoms with Crippen molar-refractivity contribution in [2.45, 2.75) is 20.5 Å². The summed E-state index contributed by atoms with van der Waals surface area (Å²) >= 11 is 0. The summed E-state index contributed by atoms with van der Waals surface area (Å²) in [5.74, 6) is 0.0373. The van der Waals surface area contributed by atoms with E-state index in [9.17, 15) is 9.59 Å². The van der Waals surface area contributed by atoms with E-state index >= 15 is 0 Å². The van der Waals surface area contributed by atoms with Crippen LogP contribution in [0.5, 0.6) is 0 Å². The first kappa shape index (κ1) is 17.9. The molecule has 0 unspecified atom stereocenters. The summed E-state index contributed by atoms with van der Waals surface area (Å²) in [7, 11) is 0. The second-order valence-electron chi connectivity index (χ2n) is 7.03. The summed E-state index contributed by atoms with van der Waals surface area (Å²) in [6, 6.07) is 15.1. The number of pyridine rings is 1. The van der Waals surface area contributed by atoms with Gasteiger partial charge in [-0.1, -0.05) is 50.2 Å². The molecular weight excluding hydrogens is 328 g/mol. The highest BCUT2D eigenvalue weighted by Gasteiger charge is 2.39. The predicted octanol–water partition coefficient (Wildman–Crippen LogP) is 3.71. The van der Waals surface area contributed by atoms with Gasteiger partial charge in [0.15, 0.2) is 5.78 Å². The second-order valence-corrected chi connectivity index (χ2v) is 7.03. The topological polar surface area (TPSA) is 59.5 Å². The third-order valence-electron chi connectivity index (χ3n) is 4.33. The number of aromatic nitrogens is 1. The fraction of sp³-hybridized carbons (Fsp3) is 0.286. The molecule has 0 saturated carbocycles. The molecule has 1 amide bonds. The van der Waals surface area contributed by atoms with Gasteiger partial charge in [0, 0.05) is 23.7 Å². The Morgan fingerprint density at radius 3 is 2.62 bits per heavy atom. The first-order chi connectivity index (χ1) is 12.5. The number of carbonyl (C=O) groups is 2. The van der Waals surface area contributed by atoms with Gasteiger partial charge in [-0.2, -0.15) is 0 Å². The number of nitrogens with zero attached hydrogens (tertiary/aromatic N) is 2. The highest BCUT2D eigenvalue weighted by Crippen LogP contribution is 2.30. The van der Waals surface area contributed by atoms with Crippen LogP contribution in [0.1, 0.15) is 25.1 Å². The second kappa shape index (κ2) is 7.52. The van der Waals surface area contributed by atoms with Crippen molar-refractivity contribution < 1.29 is 14.3 Å². The van der Waals surface area contributed by atoms with E-state index in [-0.39, 0.29) is 18.9 Å². The molecule has 2 aromatic rings. The number of ether oxygens (including phenoxy) is 1. The average molecular weight is 350 g/mol. The lowest BCUT2D eigenvalue weighted by Crippen LogP contribution is -2.50. The molecule has 1 aliphatic rings. The highest BCUT2D eigenvalue weighted by atomic mass is 16.6. The maximum absolute atomic E-state index is 12.7. The summed E-state index contributed by atoms with van der Waals surface area (Å²) in [4.78, 5) is 31.1. The van der Waals surface area contributed by atoms with E-state index in [0.717, 1.165) is 5.56 Å². The van der Waals surface area contributed by atoms with Gasteiger partial charge < -0.3 is 9.64 Å². The van der Waals surface area contributed by atoms with Crippen LogP contribution in [0.2, 0.25) is 0 Å². The Bertz CT molecular complexity index is 814. The van der Waals surface area contributed by atoms with Crippen molar-refractivity contribution in [3.05, 3.63) is 71.6 Å². The highest BCUT2D eigenvalue weighted by molar-refractivity contribution is 6.04. The van der Waals surface area contributed by atoms with E-state index in [2.05, 4.69) is 4.98 Å². The minimum atomic E-state index is -0.662. The molecule has 1 aromatic carbocycles. The number of amides is 1. The van der Waals surface area contributed by atoms with Gasteiger partial charge in [-0.25, -0.2) is 4.79 Å². The summed E-state index contributed by atoms with van der Waals surface area (Å²) < 4.78 is 5.43. The van der Waals surface area contributed by atoms with Gasteiger partial charge in [-0.15, -0.1) is 0 Å². The number of hydrogen-bond acceptors (Lipinski definition) is 4. The molecular formula is C21H22N2O3. The molecule has 2 heterocycles. The van der Waals surface area contributed by atoms with E-state index in [1.807, 2.05) is 62.4 Å². The SMILES string of the molecule is CC1(C)CN(C(=O)OCc2ccccc2)C/C(=C\c2ccccn2)C1=O. The largest absolute Gasteiger partial charge is 0.445 e. The van der Waals surface area contributed by atoms with Crippen LogP contribution < -0.4 is 0 Å². The van der Waals surface area contributed by atoms with Crippen LogP contribution in [0.4, 0.5) is 4.79 Å². The molecule has 1 fully saturated rings. The Morgan fingerprint density at radius 1 is 1.19 bits per heavy atom. The Morgan fingerprint density at radius 2 is 1.92 bits per heavy atom. The van der Waals surface area contributed by atoms with Crippen LogP contribution in [-0.4, -0.2) is 34.8 Å². The van der Waals surface area contributed by atoms with Crippen molar-refractivity contribution in [1.82, 2.24) is 9.88 Å². The lowest BCUT2D eigenvalue weighted by atomic mass is 9.80. The Kier molecular flexibility index (Phi) is 5.16. The number of piperidine rings is 1. The number of ketones is 1. The third kappa shape index (κ3) is 4.17. The molecule has 0 atom stereocenters. The molecule has 26 heavy (non-hydrogen) atoms. The zero-order valence-electron chi connectivity index (χ0n) is 15.0. The molecule has 0 spiro atoms. The minimum Gasteiger partial charge on any atom is -0.445 e. The maximum atomic E-state index is 12.7. The van der Waals surface area contributed by atoms with E-state index in [0.29, 0.717) is 17.8 Å². The van der Waals surface area contributed by atoms with Gasteiger partial charge >= 0.3 is 6.09 Å². The predicted molar refractivity (Wildman–Crippen MR) is 99.2 cm³/mol. The van der Waals surface area contributed by atoms with Crippen molar-refractivity contribution in [3.8, 4) is 0 Å². The van der Waals surface area contributed by atoms with Gasteiger partial charge in [-0.05, 0) is 23.8 Å². The van der Waals surface area contributed by atoms with Crippen LogP contribution in [0.25, 0.3) is 6.08 Å². The lowest BCUT2D eigenvalue weighted by Gasteiger charge is -2.37. The van der Waals surface area contributed by atoms with Crippen LogP contribution in [0, 0.1) is 5.41 Å². The first-order valence-electron chi connectivity index (χ1n) is 8.58. The van der Waals surface area contributed by atoms with Gasteiger partial charge in [0.05, 0.1) is 12.2 Å². The molecule has 134 valence electrons. The van der Waals surface area contributed by atoms with E-state index in [1.54, 1.807) is 17.2 Å². The summed E-state index contributed by atoms with van der Waals surface area (Å²) in [5, 5.41) is 0. The minimum absolute atomic E-state index is 0.0373. The zero-order valence-corrected chi connectivity index (χ0v) is 15.0. The van der Waals surface area contributed by atoms with Crippen molar-refractivity contribution in [1.29, 1.82) is 0 Å². The van der Waals surface area contributed by atoms with Crippen molar-refractivity contribution in [3.63, 3.8) is 0 Å². The molecule has 1 aromatic heterocycles. The molecule has 3 rings (SSSR count). The number of Topliss-reactive ketones (excluding diaryl/α,β-unsaturated/α-hetero) is 1. The van der Waals surface area contributed by atoms with Crippen molar-refractivity contribution in [2.24, 2.45) is 5.41 Å². The normalized spacial score (nSPS) is 18.0. The van der Waals surface area contributed by atoms with Gasteiger partial charge in [0.25, 0.3) is 0 Å². The van der Waals surface area contributed by atoms with Crippen LogP contribution >= 0.6 is 0 Å². The smallest absolute Gasteiger partial charge is 0.410 e. The number of likely N-dealkylation sites (tertiary alicyclic amines) is 1. The molecule has 1 saturated heterocycles. The quantitative estimate of drug-likeness (QED) is 0.792. The van der Waals surface area contributed by atoms with Crippen LogP contribution in [0.15, 0.2) is 60.3 Å². The molecule has 5 heteroatoms. The monoisotopic (exact) mass is 350 g/mol. The van der Waals surface area contributed by atoms with Crippen LogP contribution in [-0.2, 0) is 16.1 Å². The molecule has 0 aliphatic carbocycles. The molecule has 0 N–H and O–H groups in total. The van der Waals surface area contributed by atoms with E-state index < -0.39 is 11.5 Å². The van der Waals surface area contributed by atoms with Gasteiger partial charge in [0.1, 0.15) is 6.61 Å². The lowest BCUT2D eigenvalue weighted by molar-refractivity contribution is -0.126. The van der Waals surface area contributed by atoms with Crippen LogP contribution in [0.3, 0.4) is 0 Å². The molecule has 5 nitrogen and oxygen atoms in total. The Balaban J connectivity index is 1.74. The zero-order chi connectivity index (χ0) is 18.6. The number of rotatable bonds is 3. The summed E-state index contributed by atoms with van der Waals surface area (Å²) in [5.41, 5.74) is 1.53. The molecule has 1 aliphatic heterocycles. The van der Waals surface area contributed by atoms with Gasteiger partial charge in [-0.3, -0.25) is 9.78 Å². The summed E-state index contributed by atoms with van der Waals surface area (Å²) in [6.07, 6.45) is 3.01. The molecule has 0 bridgehead atoms. The molecule has 0 radical (unpaired) electrons. The number of carbonyl (C=O) groups excluding carboxylic acids is 2. The Hall–Kier alpha value is -2.95. The van der Waals surface area contributed by atoms with Crippen molar-refractivity contribution >= 4 is 18.0 Å². The average Bonchev–Trinajstić information content (AvgIpc) is 2.65. The maximum Gasteiger partial charge on any atom is 0.410 e. The fourth-order valence-corrected chi connectivity index (χ4v) is 3.01. The number of benzene rings is 1. The summed E-state index contributed by atoms with van der Waals surface area (Å²) in [6.45, 7) is 4.46. The fourth-order valence-electron chi connectivity index (χ4n) is 3.01. The van der Waals surface area contributed by atoms with Crippen molar-refractivity contribution in [2.75, 3.05) is 13.1 Å². The van der Waals surface area contributed by atoms with E-state index in [1.165, 1.54) is 0 Å².